The number of hydrogen-bond acceptors (Lipinski definition) is 2. The molecule has 1 aliphatic heterocycles. The molecule has 2 aromatic rings. The van der Waals surface area contributed by atoms with Gasteiger partial charge in [0.1, 0.15) is 5.82 Å². The van der Waals surface area contributed by atoms with Crippen molar-refractivity contribution in [3.8, 4) is 0 Å². The molecule has 110 valence electrons. The quantitative estimate of drug-likeness (QED) is 0.932. The predicted octanol–water partition coefficient (Wildman–Crippen LogP) is 3.25. The fourth-order valence-corrected chi connectivity index (χ4v) is 3.57. The van der Waals surface area contributed by atoms with Gasteiger partial charge in [0, 0.05) is 31.2 Å². The number of aromatic nitrogens is 2. The van der Waals surface area contributed by atoms with Crippen molar-refractivity contribution in [1.29, 1.82) is 0 Å². The molecule has 1 aromatic carbocycles. The highest BCUT2D eigenvalue weighted by Gasteiger charge is 2.34. The molecular weight excluding hydrogens is 258 g/mol. The summed E-state index contributed by atoms with van der Waals surface area (Å²) in [5, 5.41) is 3.94. The summed E-state index contributed by atoms with van der Waals surface area (Å²) in [7, 11) is 0. The van der Waals surface area contributed by atoms with Gasteiger partial charge in [-0.3, -0.25) is 0 Å². The molecule has 0 unspecified atom stereocenters. The molecule has 0 radical (unpaired) electrons. The van der Waals surface area contributed by atoms with Gasteiger partial charge in [-0.15, -0.1) is 0 Å². The number of benzene rings is 1. The molecule has 3 nitrogen and oxygen atoms in total. The van der Waals surface area contributed by atoms with E-state index >= 15 is 0 Å². The summed E-state index contributed by atoms with van der Waals surface area (Å²) in [6, 6.07) is 12.1. The highest BCUT2D eigenvalue weighted by molar-refractivity contribution is 5.21. The minimum atomic E-state index is 0.530. The first kappa shape index (κ1) is 13.1. The molecule has 1 N–H and O–H groups in total. The van der Waals surface area contributed by atoms with Gasteiger partial charge in [-0.25, -0.2) is 4.98 Å². The van der Waals surface area contributed by atoms with Crippen molar-refractivity contribution in [3.05, 3.63) is 53.6 Å². The highest BCUT2D eigenvalue weighted by Crippen LogP contribution is 2.41. The topological polar surface area (TPSA) is 29.9 Å². The number of imidazole rings is 1. The lowest BCUT2D eigenvalue weighted by Crippen LogP contribution is -2.40. The second-order valence-corrected chi connectivity index (χ2v) is 6.58. The van der Waals surface area contributed by atoms with Gasteiger partial charge < -0.3 is 9.88 Å². The van der Waals surface area contributed by atoms with Crippen molar-refractivity contribution in [2.75, 3.05) is 0 Å². The predicted molar refractivity (Wildman–Crippen MR) is 84.1 cm³/mol. The molecule has 0 amide bonds. The van der Waals surface area contributed by atoms with Crippen molar-refractivity contribution in [1.82, 2.24) is 14.9 Å². The van der Waals surface area contributed by atoms with Gasteiger partial charge in [0.05, 0.1) is 5.69 Å². The molecule has 2 atom stereocenters. The standard InChI is InChI=1S/C18H23N3/c1-13-11-21-12-16(9-10-17(21)19-13)20-18(15-7-8-15)14-5-3-2-4-6-14/h2-6,11,15-16,18,20H,7-10,12H2,1H3/t16-,18-/m0/s1. The van der Waals surface area contributed by atoms with Crippen LogP contribution in [0, 0.1) is 12.8 Å². The van der Waals surface area contributed by atoms with E-state index in [9.17, 15) is 0 Å². The number of fused-ring (bicyclic) bond motifs is 1. The van der Waals surface area contributed by atoms with Crippen molar-refractivity contribution >= 4 is 0 Å². The number of rotatable bonds is 4. The van der Waals surface area contributed by atoms with Crippen molar-refractivity contribution < 1.29 is 0 Å². The average molecular weight is 281 g/mol. The molecule has 0 saturated heterocycles. The van der Waals surface area contributed by atoms with E-state index in [1.807, 2.05) is 0 Å². The summed E-state index contributed by atoms with van der Waals surface area (Å²) in [6.07, 6.45) is 7.23. The first-order valence-corrected chi connectivity index (χ1v) is 8.13. The molecule has 1 aromatic heterocycles. The molecule has 2 aliphatic rings. The highest BCUT2D eigenvalue weighted by atomic mass is 15.1. The number of aryl methyl sites for hydroxylation is 2. The van der Waals surface area contributed by atoms with Crippen molar-refractivity contribution in [2.45, 2.75) is 51.2 Å². The van der Waals surface area contributed by atoms with E-state index in [0.29, 0.717) is 12.1 Å². The van der Waals surface area contributed by atoms with Gasteiger partial charge in [-0.05, 0) is 37.7 Å². The fraction of sp³-hybridized carbons (Fsp3) is 0.500. The number of hydrogen-bond donors (Lipinski definition) is 1. The van der Waals surface area contributed by atoms with Gasteiger partial charge in [0.2, 0.25) is 0 Å². The van der Waals surface area contributed by atoms with Crippen LogP contribution in [0.3, 0.4) is 0 Å². The molecule has 1 aliphatic carbocycles. The zero-order valence-corrected chi connectivity index (χ0v) is 12.6. The Morgan fingerprint density at radius 1 is 1.19 bits per heavy atom. The van der Waals surface area contributed by atoms with E-state index in [2.05, 4.69) is 58.3 Å². The van der Waals surface area contributed by atoms with E-state index < -0.39 is 0 Å². The molecular formula is C18H23N3. The molecule has 4 rings (SSSR count). The largest absolute Gasteiger partial charge is 0.333 e. The van der Waals surface area contributed by atoms with Crippen LogP contribution in [0.1, 0.15) is 42.4 Å². The van der Waals surface area contributed by atoms with E-state index in [1.165, 1.54) is 30.7 Å². The Bertz CT molecular complexity index is 613. The van der Waals surface area contributed by atoms with Crippen LogP contribution in [0.4, 0.5) is 0 Å². The van der Waals surface area contributed by atoms with Gasteiger partial charge >= 0.3 is 0 Å². The average Bonchev–Trinajstić information content (AvgIpc) is 3.27. The minimum Gasteiger partial charge on any atom is -0.333 e. The normalized spacial score (nSPS) is 22.8. The van der Waals surface area contributed by atoms with E-state index in [1.54, 1.807) is 0 Å². The van der Waals surface area contributed by atoms with E-state index in [4.69, 9.17) is 0 Å². The summed E-state index contributed by atoms with van der Waals surface area (Å²) in [6.45, 7) is 3.15. The summed E-state index contributed by atoms with van der Waals surface area (Å²) in [4.78, 5) is 4.61. The summed E-state index contributed by atoms with van der Waals surface area (Å²) in [5.74, 6) is 2.09. The molecule has 1 saturated carbocycles. The van der Waals surface area contributed by atoms with Crippen LogP contribution in [0.15, 0.2) is 36.5 Å². The molecule has 2 heterocycles. The van der Waals surface area contributed by atoms with Gasteiger partial charge in [0.25, 0.3) is 0 Å². The Balaban J connectivity index is 1.49. The first-order valence-electron chi connectivity index (χ1n) is 8.13. The molecule has 0 bridgehead atoms. The Morgan fingerprint density at radius 2 is 2.00 bits per heavy atom. The van der Waals surface area contributed by atoms with Crippen molar-refractivity contribution in [2.24, 2.45) is 5.92 Å². The summed E-state index contributed by atoms with van der Waals surface area (Å²) >= 11 is 0. The molecule has 21 heavy (non-hydrogen) atoms. The number of nitrogens with zero attached hydrogens (tertiary/aromatic N) is 2. The second-order valence-electron chi connectivity index (χ2n) is 6.58. The third-order valence-corrected chi connectivity index (χ3v) is 4.78. The van der Waals surface area contributed by atoms with Crippen LogP contribution >= 0.6 is 0 Å². The van der Waals surface area contributed by atoms with E-state index in [0.717, 1.165) is 24.6 Å². The SMILES string of the molecule is Cc1cn2c(n1)CC[C@H](N[C@@H](c1ccccc1)C1CC1)C2. The molecule has 0 spiro atoms. The maximum Gasteiger partial charge on any atom is 0.109 e. The van der Waals surface area contributed by atoms with Gasteiger partial charge in [-0.1, -0.05) is 30.3 Å². The lowest BCUT2D eigenvalue weighted by atomic mass is 9.99. The lowest BCUT2D eigenvalue weighted by molar-refractivity contribution is 0.326. The van der Waals surface area contributed by atoms with Crippen LogP contribution in [-0.2, 0) is 13.0 Å². The third-order valence-electron chi connectivity index (χ3n) is 4.78. The fourth-order valence-electron chi connectivity index (χ4n) is 3.57. The monoisotopic (exact) mass is 281 g/mol. The summed E-state index contributed by atoms with van der Waals surface area (Å²) < 4.78 is 2.34. The summed E-state index contributed by atoms with van der Waals surface area (Å²) in [5.41, 5.74) is 2.60. The maximum atomic E-state index is 4.61. The Labute approximate surface area is 126 Å². The minimum absolute atomic E-state index is 0.530. The lowest BCUT2D eigenvalue weighted by Gasteiger charge is -2.30. The second kappa shape index (κ2) is 5.30. The Hall–Kier alpha value is -1.61. The van der Waals surface area contributed by atoms with Gasteiger partial charge in [0.15, 0.2) is 0 Å². The smallest absolute Gasteiger partial charge is 0.109 e. The zero-order chi connectivity index (χ0) is 14.2. The van der Waals surface area contributed by atoms with Crippen LogP contribution in [0.2, 0.25) is 0 Å². The number of nitrogens with one attached hydrogen (secondary N) is 1. The zero-order valence-electron chi connectivity index (χ0n) is 12.6. The van der Waals surface area contributed by atoms with Crippen LogP contribution < -0.4 is 5.32 Å². The van der Waals surface area contributed by atoms with Crippen LogP contribution in [-0.4, -0.2) is 15.6 Å². The van der Waals surface area contributed by atoms with Crippen LogP contribution in [0.25, 0.3) is 0 Å². The van der Waals surface area contributed by atoms with Crippen molar-refractivity contribution in [3.63, 3.8) is 0 Å². The molecule has 1 fully saturated rings. The maximum absolute atomic E-state index is 4.61. The third kappa shape index (κ3) is 2.75. The van der Waals surface area contributed by atoms with Gasteiger partial charge in [-0.2, -0.15) is 0 Å². The first-order chi connectivity index (χ1) is 10.3. The van der Waals surface area contributed by atoms with Crippen LogP contribution in [0.5, 0.6) is 0 Å². The Kier molecular flexibility index (Phi) is 3.30. The molecule has 3 heteroatoms. The Morgan fingerprint density at radius 3 is 2.76 bits per heavy atom. The van der Waals surface area contributed by atoms with E-state index in [-0.39, 0.29) is 0 Å².